The lowest BCUT2D eigenvalue weighted by atomic mass is 10.1. The van der Waals surface area contributed by atoms with Crippen molar-refractivity contribution in [2.24, 2.45) is 4.99 Å². The molecule has 3 rings (SSSR count). The van der Waals surface area contributed by atoms with Crippen LogP contribution in [0.3, 0.4) is 0 Å². The molecule has 0 radical (unpaired) electrons. The molecule has 3 aromatic rings. The first-order valence-electron chi connectivity index (χ1n) is 9.35. The summed E-state index contributed by atoms with van der Waals surface area (Å²) in [5.41, 5.74) is 3.17. The van der Waals surface area contributed by atoms with Gasteiger partial charge in [-0.1, -0.05) is 18.2 Å². The van der Waals surface area contributed by atoms with Gasteiger partial charge in [-0.15, -0.1) is 35.3 Å². The Morgan fingerprint density at radius 1 is 1.19 bits per heavy atom. The summed E-state index contributed by atoms with van der Waals surface area (Å²) in [6.45, 7) is 4.90. The zero-order valence-electron chi connectivity index (χ0n) is 17.3. The number of rotatable bonds is 6. The number of hydrogen-bond donors (Lipinski definition) is 2. The fraction of sp³-hybridized carbons (Fsp3) is 0.350. The van der Waals surface area contributed by atoms with E-state index in [-0.39, 0.29) is 24.0 Å². The van der Waals surface area contributed by atoms with Gasteiger partial charge in [0.1, 0.15) is 0 Å². The maximum atomic E-state index is 12.6. The van der Waals surface area contributed by atoms with Crippen molar-refractivity contribution in [2.75, 3.05) is 13.6 Å². The summed E-state index contributed by atoms with van der Waals surface area (Å²) in [5, 5.41) is 12.4. The Morgan fingerprint density at radius 3 is 2.55 bits per heavy atom. The van der Waals surface area contributed by atoms with Crippen molar-refractivity contribution in [1.29, 1.82) is 0 Å². The Morgan fingerprint density at radius 2 is 1.94 bits per heavy atom. The van der Waals surface area contributed by atoms with E-state index in [1.54, 1.807) is 7.05 Å². The van der Waals surface area contributed by atoms with Crippen LogP contribution in [0.2, 0.25) is 0 Å². The van der Waals surface area contributed by atoms with Crippen molar-refractivity contribution < 1.29 is 13.2 Å². The van der Waals surface area contributed by atoms with Crippen LogP contribution in [0.25, 0.3) is 5.69 Å². The summed E-state index contributed by atoms with van der Waals surface area (Å²) in [6.07, 6.45) is -4.03. The molecule has 0 unspecified atom stereocenters. The molecule has 0 atom stereocenters. The number of alkyl halides is 3. The number of halogens is 4. The van der Waals surface area contributed by atoms with Gasteiger partial charge in [0.05, 0.1) is 16.4 Å². The SMILES string of the molecule is CN=C(NCCc1nc(C(F)(F)F)cs1)NCc1ccccc1-n1nc(C)cc1C.I. The minimum absolute atomic E-state index is 0. The van der Waals surface area contributed by atoms with Crippen LogP contribution in [0.15, 0.2) is 40.7 Å². The Kier molecular flexibility index (Phi) is 8.86. The smallest absolute Gasteiger partial charge is 0.356 e. The van der Waals surface area contributed by atoms with Crippen LogP contribution in [0.1, 0.15) is 27.7 Å². The third kappa shape index (κ3) is 6.66. The molecule has 2 heterocycles. The molecule has 11 heteroatoms. The topological polar surface area (TPSA) is 67.1 Å². The first-order valence-corrected chi connectivity index (χ1v) is 10.2. The van der Waals surface area contributed by atoms with Crippen molar-refractivity contribution in [3.8, 4) is 5.69 Å². The molecule has 0 spiro atoms. The quantitative estimate of drug-likeness (QED) is 0.263. The van der Waals surface area contributed by atoms with E-state index >= 15 is 0 Å². The second-order valence-electron chi connectivity index (χ2n) is 6.69. The highest BCUT2D eigenvalue weighted by Crippen LogP contribution is 2.30. The number of benzene rings is 1. The third-order valence-corrected chi connectivity index (χ3v) is 5.28. The van der Waals surface area contributed by atoms with Crippen molar-refractivity contribution in [2.45, 2.75) is 33.0 Å². The molecule has 0 saturated heterocycles. The molecule has 168 valence electrons. The molecule has 0 bridgehead atoms. The highest BCUT2D eigenvalue weighted by Gasteiger charge is 2.33. The number of hydrogen-bond acceptors (Lipinski definition) is 4. The number of aromatic nitrogens is 3. The highest BCUT2D eigenvalue weighted by molar-refractivity contribution is 14.0. The second-order valence-corrected chi connectivity index (χ2v) is 7.64. The summed E-state index contributed by atoms with van der Waals surface area (Å²) in [6, 6.07) is 9.97. The lowest BCUT2D eigenvalue weighted by molar-refractivity contribution is -0.140. The van der Waals surface area contributed by atoms with E-state index in [1.165, 1.54) is 0 Å². The number of nitrogens with zero attached hydrogens (tertiary/aromatic N) is 4. The average Bonchev–Trinajstić information content (AvgIpc) is 3.31. The average molecular weight is 564 g/mol. The van der Waals surface area contributed by atoms with Crippen LogP contribution >= 0.6 is 35.3 Å². The van der Waals surface area contributed by atoms with Gasteiger partial charge in [0, 0.05) is 37.6 Å². The van der Waals surface area contributed by atoms with Crippen LogP contribution in [0, 0.1) is 13.8 Å². The molecule has 6 nitrogen and oxygen atoms in total. The number of aryl methyl sites for hydroxylation is 2. The molecule has 0 aliphatic carbocycles. The predicted molar refractivity (Wildman–Crippen MR) is 127 cm³/mol. The van der Waals surface area contributed by atoms with Gasteiger partial charge >= 0.3 is 6.18 Å². The predicted octanol–water partition coefficient (Wildman–Crippen LogP) is 4.49. The molecular formula is C20H24F3IN6S. The number of nitrogens with one attached hydrogen (secondary N) is 2. The first-order chi connectivity index (χ1) is 14.3. The van der Waals surface area contributed by atoms with Gasteiger partial charge in [0.2, 0.25) is 0 Å². The molecule has 1 aromatic carbocycles. The molecule has 2 aromatic heterocycles. The number of para-hydroxylation sites is 1. The van der Waals surface area contributed by atoms with Crippen LogP contribution in [0.5, 0.6) is 0 Å². The molecule has 0 aliphatic rings. The minimum atomic E-state index is -4.40. The van der Waals surface area contributed by atoms with Crippen LogP contribution < -0.4 is 10.6 Å². The van der Waals surface area contributed by atoms with E-state index in [2.05, 4.69) is 25.7 Å². The van der Waals surface area contributed by atoms with Gasteiger partial charge < -0.3 is 10.6 Å². The van der Waals surface area contributed by atoms with E-state index in [0.29, 0.717) is 30.5 Å². The van der Waals surface area contributed by atoms with Gasteiger partial charge in [-0.05, 0) is 31.5 Å². The Bertz CT molecular complexity index is 1030. The van der Waals surface area contributed by atoms with Crippen molar-refractivity contribution in [3.05, 3.63) is 63.4 Å². The molecule has 0 fully saturated rings. The van der Waals surface area contributed by atoms with E-state index in [0.717, 1.165) is 39.4 Å². The van der Waals surface area contributed by atoms with E-state index < -0.39 is 11.9 Å². The fourth-order valence-electron chi connectivity index (χ4n) is 2.98. The van der Waals surface area contributed by atoms with Crippen molar-refractivity contribution in [1.82, 2.24) is 25.4 Å². The first kappa shape index (κ1) is 25.1. The Labute approximate surface area is 200 Å². The third-order valence-electron chi connectivity index (χ3n) is 4.37. The molecule has 0 aliphatic heterocycles. The normalized spacial score (nSPS) is 11.9. The van der Waals surface area contributed by atoms with Gasteiger partial charge in [-0.2, -0.15) is 18.3 Å². The molecule has 0 amide bonds. The van der Waals surface area contributed by atoms with Crippen molar-refractivity contribution in [3.63, 3.8) is 0 Å². The summed E-state index contributed by atoms with van der Waals surface area (Å²) in [7, 11) is 1.65. The van der Waals surface area contributed by atoms with Crippen molar-refractivity contribution >= 4 is 41.3 Å². The minimum Gasteiger partial charge on any atom is -0.356 e. The summed E-state index contributed by atoms with van der Waals surface area (Å²) in [4.78, 5) is 7.81. The Hall–Kier alpha value is -2.15. The number of thiazole rings is 1. The molecule has 31 heavy (non-hydrogen) atoms. The largest absolute Gasteiger partial charge is 0.434 e. The number of aliphatic imine (C=N–C) groups is 1. The Balaban J connectivity index is 0.00000341. The highest BCUT2D eigenvalue weighted by atomic mass is 127. The summed E-state index contributed by atoms with van der Waals surface area (Å²) < 4.78 is 39.8. The maximum absolute atomic E-state index is 12.6. The molecular weight excluding hydrogens is 540 g/mol. The monoisotopic (exact) mass is 564 g/mol. The standard InChI is InChI=1S/C20H23F3N6S.HI/c1-13-10-14(2)29(28-13)16-7-5-4-6-15(16)11-26-19(24-3)25-9-8-18-27-17(12-30-18)20(21,22)23;/h4-7,10,12H,8-9,11H2,1-3H3,(H2,24,25,26);1H. The fourth-order valence-corrected chi connectivity index (χ4v) is 3.79. The van der Waals surface area contributed by atoms with Crippen LogP contribution in [-0.2, 0) is 19.1 Å². The maximum Gasteiger partial charge on any atom is 0.434 e. The van der Waals surface area contributed by atoms with Crippen LogP contribution in [0.4, 0.5) is 13.2 Å². The van der Waals surface area contributed by atoms with E-state index in [1.807, 2.05) is 48.9 Å². The summed E-state index contributed by atoms with van der Waals surface area (Å²) >= 11 is 1.01. The molecule has 2 N–H and O–H groups in total. The molecule has 0 saturated carbocycles. The lowest BCUT2D eigenvalue weighted by Crippen LogP contribution is -2.38. The van der Waals surface area contributed by atoms with Gasteiger partial charge in [-0.25, -0.2) is 9.67 Å². The summed E-state index contributed by atoms with van der Waals surface area (Å²) in [5.74, 6) is 0.561. The lowest BCUT2D eigenvalue weighted by Gasteiger charge is -2.15. The van der Waals surface area contributed by atoms with Gasteiger partial charge in [-0.3, -0.25) is 4.99 Å². The second kappa shape index (κ2) is 10.9. The zero-order valence-corrected chi connectivity index (χ0v) is 20.5. The van der Waals surface area contributed by atoms with E-state index in [4.69, 9.17) is 0 Å². The van der Waals surface area contributed by atoms with Crippen LogP contribution in [-0.4, -0.2) is 34.3 Å². The van der Waals surface area contributed by atoms with Gasteiger partial charge in [0.15, 0.2) is 11.7 Å². The van der Waals surface area contributed by atoms with E-state index in [9.17, 15) is 13.2 Å². The number of guanidine groups is 1. The zero-order chi connectivity index (χ0) is 21.7. The van der Waals surface area contributed by atoms with Gasteiger partial charge in [0.25, 0.3) is 0 Å².